The molecule has 0 unspecified atom stereocenters. The van der Waals surface area contributed by atoms with Crippen LogP contribution in [0.3, 0.4) is 0 Å². The normalized spacial score (nSPS) is 12.9. The molecule has 0 spiro atoms. The van der Waals surface area contributed by atoms with Crippen molar-refractivity contribution in [3.05, 3.63) is 59.3 Å². The van der Waals surface area contributed by atoms with Crippen LogP contribution in [0.4, 0.5) is 0 Å². The molecule has 4 N–H and O–H groups in total. The Kier molecular flexibility index (Phi) is 6.36. The number of benzene rings is 1. The Balaban J connectivity index is 0.000000260. The highest BCUT2D eigenvalue weighted by atomic mass is 16.4. The molecule has 1 aliphatic rings. The maximum Gasteiger partial charge on any atom is 0.328 e. The molecule has 0 amide bonds. The molecule has 0 saturated heterocycles. The largest absolute Gasteiger partial charge is 0.478 e. The Labute approximate surface area is 152 Å². The number of nitrogens with zero attached hydrogens (tertiary/aromatic N) is 1. The van der Waals surface area contributed by atoms with Gasteiger partial charge in [0.25, 0.3) is 0 Å². The quantitative estimate of drug-likeness (QED) is 0.610. The molecule has 0 fully saturated rings. The highest BCUT2D eigenvalue weighted by Crippen LogP contribution is 2.38. The van der Waals surface area contributed by atoms with Crippen molar-refractivity contribution in [3.8, 4) is 11.3 Å². The summed E-state index contributed by atoms with van der Waals surface area (Å²) >= 11 is 0. The maximum atomic E-state index is 9.55. The lowest BCUT2D eigenvalue weighted by atomic mass is 10.0. The number of carboxylic acid groups (broad SMARTS) is 2. The van der Waals surface area contributed by atoms with E-state index in [1.54, 1.807) is 0 Å². The Morgan fingerprint density at radius 2 is 1.85 bits per heavy atom. The molecule has 0 saturated carbocycles. The first kappa shape index (κ1) is 19.5. The standard InChI is InChI=1S/C16H20N2.C4H4O4/c1-3-12-4-5-13-9-14-6-7-18(10-11(2)17)16(14)15(13)8-12;5-3(6)1-2-4(7)8/h4-8,11H,3,9-10,17H2,1-2H3;1-2H,(H,5,6)(H,7,8)/b;2-1+/t11-;/m0./s1. The van der Waals surface area contributed by atoms with E-state index in [-0.39, 0.29) is 6.04 Å². The van der Waals surface area contributed by atoms with E-state index >= 15 is 0 Å². The van der Waals surface area contributed by atoms with Crippen molar-refractivity contribution >= 4 is 11.9 Å². The summed E-state index contributed by atoms with van der Waals surface area (Å²) in [7, 11) is 0. The molecule has 0 aliphatic heterocycles. The fraction of sp³-hybridized carbons (Fsp3) is 0.300. The van der Waals surface area contributed by atoms with Crippen molar-refractivity contribution < 1.29 is 19.8 Å². The number of hydrogen-bond donors (Lipinski definition) is 3. The van der Waals surface area contributed by atoms with E-state index in [2.05, 4.69) is 48.9 Å². The van der Waals surface area contributed by atoms with Crippen molar-refractivity contribution in [2.24, 2.45) is 5.73 Å². The summed E-state index contributed by atoms with van der Waals surface area (Å²) in [4.78, 5) is 19.1. The molecule has 6 nitrogen and oxygen atoms in total. The second kappa shape index (κ2) is 8.49. The van der Waals surface area contributed by atoms with Crippen LogP contribution in [0, 0.1) is 0 Å². The molecule has 6 heteroatoms. The summed E-state index contributed by atoms with van der Waals surface area (Å²) in [6.07, 6.45) is 5.46. The zero-order valence-corrected chi connectivity index (χ0v) is 15.0. The SMILES string of the molecule is CCc1ccc2c(c1)-c1c(ccn1C[C@H](C)N)C2.O=C(O)/C=C/C(=O)O. The van der Waals surface area contributed by atoms with Gasteiger partial charge in [-0.15, -0.1) is 0 Å². The Morgan fingerprint density at radius 3 is 2.38 bits per heavy atom. The molecular weight excluding hydrogens is 332 g/mol. The van der Waals surface area contributed by atoms with E-state index < -0.39 is 11.9 Å². The van der Waals surface area contributed by atoms with Gasteiger partial charge >= 0.3 is 11.9 Å². The minimum Gasteiger partial charge on any atom is -0.478 e. The Bertz CT molecular complexity index is 818. The number of nitrogens with two attached hydrogens (primary N) is 1. The first-order chi connectivity index (χ1) is 12.3. The minimum atomic E-state index is -1.26. The lowest BCUT2D eigenvalue weighted by Gasteiger charge is -2.12. The van der Waals surface area contributed by atoms with Crippen molar-refractivity contribution in [1.29, 1.82) is 0 Å². The van der Waals surface area contributed by atoms with Gasteiger partial charge in [-0.1, -0.05) is 19.1 Å². The van der Waals surface area contributed by atoms with E-state index in [1.165, 1.54) is 27.9 Å². The summed E-state index contributed by atoms with van der Waals surface area (Å²) in [6.45, 7) is 5.16. The number of aliphatic carboxylic acids is 2. The van der Waals surface area contributed by atoms with Crippen LogP contribution in [0.15, 0.2) is 42.6 Å². The van der Waals surface area contributed by atoms with E-state index in [9.17, 15) is 9.59 Å². The summed E-state index contributed by atoms with van der Waals surface area (Å²) in [5.74, 6) is -2.51. The zero-order valence-electron chi connectivity index (χ0n) is 15.0. The average Bonchev–Trinajstić information content (AvgIpc) is 3.12. The summed E-state index contributed by atoms with van der Waals surface area (Å²) in [5, 5.41) is 15.6. The second-order valence-electron chi connectivity index (χ2n) is 6.35. The van der Waals surface area contributed by atoms with Crippen molar-refractivity contribution in [1.82, 2.24) is 4.57 Å². The predicted molar refractivity (Wildman–Crippen MR) is 100 cm³/mol. The van der Waals surface area contributed by atoms with Crippen LogP contribution >= 0.6 is 0 Å². The molecule has 1 aromatic heterocycles. The third-order valence-corrected chi connectivity index (χ3v) is 4.12. The molecule has 1 heterocycles. The highest BCUT2D eigenvalue weighted by Gasteiger charge is 2.22. The Hall–Kier alpha value is -2.86. The fourth-order valence-electron chi connectivity index (χ4n) is 3.02. The van der Waals surface area contributed by atoms with Gasteiger partial charge in [0.15, 0.2) is 0 Å². The zero-order chi connectivity index (χ0) is 19.3. The fourth-order valence-corrected chi connectivity index (χ4v) is 3.02. The van der Waals surface area contributed by atoms with E-state index in [0.717, 1.165) is 19.4 Å². The van der Waals surface area contributed by atoms with Crippen LogP contribution in [0.5, 0.6) is 0 Å². The predicted octanol–water partition coefficient (Wildman–Crippen LogP) is 2.68. The first-order valence-electron chi connectivity index (χ1n) is 8.51. The number of aryl methyl sites for hydroxylation is 1. The molecule has 3 rings (SSSR count). The molecule has 0 radical (unpaired) electrons. The first-order valence-corrected chi connectivity index (χ1v) is 8.51. The van der Waals surface area contributed by atoms with Gasteiger partial charge in [-0.05, 0) is 42.2 Å². The third kappa shape index (κ3) is 4.83. The van der Waals surface area contributed by atoms with Gasteiger partial charge in [-0.3, -0.25) is 0 Å². The van der Waals surface area contributed by atoms with Gasteiger partial charge in [0.1, 0.15) is 0 Å². The second-order valence-corrected chi connectivity index (χ2v) is 6.35. The minimum absolute atomic E-state index is 0.194. The van der Waals surface area contributed by atoms with E-state index in [0.29, 0.717) is 12.2 Å². The monoisotopic (exact) mass is 356 g/mol. The lowest BCUT2D eigenvalue weighted by Crippen LogP contribution is -2.22. The van der Waals surface area contributed by atoms with Gasteiger partial charge in [-0.2, -0.15) is 0 Å². The number of carbonyl (C=O) groups is 2. The molecule has 1 atom stereocenters. The van der Waals surface area contributed by atoms with Gasteiger partial charge in [0.2, 0.25) is 0 Å². The smallest absolute Gasteiger partial charge is 0.328 e. The highest BCUT2D eigenvalue weighted by molar-refractivity contribution is 5.89. The number of rotatable bonds is 5. The van der Waals surface area contributed by atoms with Gasteiger partial charge in [-0.25, -0.2) is 9.59 Å². The summed E-state index contributed by atoms with van der Waals surface area (Å²) < 4.78 is 2.31. The topological polar surface area (TPSA) is 106 Å². The van der Waals surface area contributed by atoms with Crippen LogP contribution in [0.25, 0.3) is 11.3 Å². The van der Waals surface area contributed by atoms with E-state index in [1.807, 2.05) is 0 Å². The lowest BCUT2D eigenvalue weighted by molar-refractivity contribution is -0.134. The summed E-state index contributed by atoms with van der Waals surface area (Å²) in [6, 6.07) is 9.31. The number of hydrogen-bond acceptors (Lipinski definition) is 3. The van der Waals surface area contributed by atoms with E-state index in [4.69, 9.17) is 15.9 Å². The van der Waals surface area contributed by atoms with Gasteiger partial charge in [0.05, 0.1) is 5.69 Å². The van der Waals surface area contributed by atoms with Crippen LogP contribution in [0.2, 0.25) is 0 Å². The van der Waals surface area contributed by atoms with Crippen LogP contribution in [-0.2, 0) is 29.0 Å². The van der Waals surface area contributed by atoms with Crippen molar-refractivity contribution in [2.75, 3.05) is 0 Å². The van der Waals surface area contributed by atoms with Gasteiger partial charge < -0.3 is 20.5 Å². The molecule has 2 aromatic rings. The number of aromatic nitrogens is 1. The van der Waals surface area contributed by atoms with Crippen molar-refractivity contribution in [2.45, 2.75) is 39.3 Å². The Morgan fingerprint density at radius 1 is 1.19 bits per heavy atom. The summed E-state index contributed by atoms with van der Waals surface area (Å²) in [5.41, 5.74) is 13.0. The molecule has 0 bridgehead atoms. The van der Waals surface area contributed by atoms with Crippen LogP contribution in [0.1, 0.15) is 30.5 Å². The molecule has 138 valence electrons. The average molecular weight is 356 g/mol. The van der Waals surface area contributed by atoms with Gasteiger partial charge in [0, 0.05) is 42.9 Å². The number of carboxylic acids is 2. The van der Waals surface area contributed by atoms with Crippen molar-refractivity contribution in [3.63, 3.8) is 0 Å². The maximum absolute atomic E-state index is 9.55. The van der Waals surface area contributed by atoms with Crippen LogP contribution < -0.4 is 5.73 Å². The molecule has 26 heavy (non-hydrogen) atoms. The molecular formula is C20H24N2O4. The van der Waals surface area contributed by atoms with Crippen LogP contribution in [-0.4, -0.2) is 32.8 Å². The molecule has 1 aliphatic carbocycles. The third-order valence-electron chi connectivity index (χ3n) is 4.12. The molecule has 1 aromatic carbocycles. The number of fused-ring (bicyclic) bond motifs is 3.